The van der Waals surface area contributed by atoms with Gasteiger partial charge >= 0.3 is 0 Å². The maximum atomic E-state index is 5.32. The Labute approximate surface area is 123 Å². The zero-order chi connectivity index (χ0) is 14.4. The highest BCUT2D eigenvalue weighted by Crippen LogP contribution is 2.33. The SMILES string of the molecule is COc1ccc2c(ccc3c4ccc(C)cc4ccc23)c1. The minimum Gasteiger partial charge on any atom is -0.497 e. The van der Waals surface area contributed by atoms with Crippen LogP contribution < -0.4 is 4.74 Å². The summed E-state index contributed by atoms with van der Waals surface area (Å²) in [5, 5.41) is 7.71. The molecule has 102 valence electrons. The van der Waals surface area contributed by atoms with Crippen molar-refractivity contribution in [3.8, 4) is 5.75 Å². The van der Waals surface area contributed by atoms with E-state index in [1.165, 1.54) is 37.9 Å². The van der Waals surface area contributed by atoms with Crippen LogP contribution in [0.3, 0.4) is 0 Å². The van der Waals surface area contributed by atoms with Gasteiger partial charge in [0.2, 0.25) is 0 Å². The number of hydrogen-bond acceptors (Lipinski definition) is 1. The normalized spacial score (nSPS) is 11.3. The third kappa shape index (κ3) is 1.85. The number of fused-ring (bicyclic) bond motifs is 5. The van der Waals surface area contributed by atoms with Gasteiger partial charge in [0.05, 0.1) is 7.11 Å². The van der Waals surface area contributed by atoms with E-state index in [-0.39, 0.29) is 0 Å². The van der Waals surface area contributed by atoms with E-state index in [1.54, 1.807) is 7.11 Å². The summed E-state index contributed by atoms with van der Waals surface area (Å²) < 4.78 is 5.32. The summed E-state index contributed by atoms with van der Waals surface area (Å²) in [6.07, 6.45) is 0. The van der Waals surface area contributed by atoms with Crippen molar-refractivity contribution >= 4 is 32.3 Å². The molecule has 1 heteroatoms. The van der Waals surface area contributed by atoms with Crippen LogP contribution >= 0.6 is 0 Å². The van der Waals surface area contributed by atoms with E-state index < -0.39 is 0 Å². The van der Waals surface area contributed by atoms with Crippen molar-refractivity contribution in [2.24, 2.45) is 0 Å². The molecule has 0 N–H and O–H groups in total. The molecule has 0 aliphatic heterocycles. The Balaban J connectivity index is 2.14. The Kier molecular flexibility index (Phi) is 2.61. The molecule has 0 amide bonds. The number of benzene rings is 4. The summed E-state index contributed by atoms with van der Waals surface area (Å²) in [7, 11) is 1.71. The summed E-state index contributed by atoms with van der Waals surface area (Å²) in [5.41, 5.74) is 1.30. The lowest BCUT2D eigenvalue weighted by molar-refractivity contribution is 0.415. The number of aryl methyl sites for hydroxylation is 1. The fourth-order valence-electron chi connectivity index (χ4n) is 3.11. The van der Waals surface area contributed by atoms with Gasteiger partial charge in [-0.25, -0.2) is 0 Å². The summed E-state index contributed by atoms with van der Waals surface area (Å²) in [6.45, 7) is 2.14. The van der Waals surface area contributed by atoms with Crippen molar-refractivity contribution in [1.82, 2.24) is 0 Å². The van der Waals surface area contributed by atoms with Crippen LogP contribution in [-0.2, 0) is 0 Å². The Hall–Kier alpha value is -2.54. The van der Waals surface area contributed by atoms with E-state index in [0.29, 0.717) is 0 Å². The van der Waals surface area contributed by atoms with Crippen LogP contribution in [0.4, 0.5) is 0 Å². The predicted molar refractivity (Wildman–Crippen MR) is 90.2 cm³/mol. The number of methoxy groups -OCH3 is 1. The number of rotatable bonds is 1. The highest BCUT2D eigenvalue weighted by Gasteiger charge is 2.05. The van der Waals surface area contributed by atoms with Crippen molar-refractivity contribution in [1.29, 1.82) is 0 Å². The van der Waals surface area contributed by atoms with Crippen molar-refractivity contribution < 1.29 is 4.74 Å². The predicted octanol–water partition coefficient (Wildman–Crippen LogP) is 5.46. The highest BCUT2D eigenvalue weighted by molar-refractivity contribution is 6.17. The van der Waals surface area contributed by atoms with Crippen LogP contribution in [0, 0.1) is 6.92 Å². The first kappa shape index (κ1) is 12.2. The molecule has 0 saturated heterocycles. The molecule has 1 nitrogen and oxygen atoms in total. The minimum atomic E-state index is 0.901. The van der Waals surface area contributed by atoms with Crippen LogP contribution in [0.2, 0.25) is 0 Å². The third-order valence-electron chi connectivity index (χ3n) is 4.20. The Bertz CT molecular complexity index is 983. The molecule has 0 heterocycles. The fourth-order valence-corrected chi connectivity index (χ4v) is 3.11. The first-order valence-electron chi connectivity index (χ1n) is 7.16. The van der Waals surface area contributed by atoms with Crippen LogP contribution in [-0.4, -0.2) is 7.11 Å². The van der Waals surface area contributed by atoms with Crippen LogP contribution in [0.1, 0.15) is 5.56 Å². The maximum absolute atomic E-state index is 5.32. The molecule has 0 atom stereocenters. The van der Waals surface area contributed by atoms with E-state index in [4.69, 9.17) is 4.74 Å². The summed E-state index contributed by atoms with van der Waals surface area (Å²) >= 11 is 0. The van der Waals surface area contributed by atoms with Gasteiger partial charge in [-0.3, -0.25) is 0 Å². The largest absolute Gasteiger partial charge is 0.497 e. The molecule has 0 aliphatic rings. The zero-order valence-corrected chi connectivity index (χ0v) is 12.2. The Morgan fingerprint density at radius 2 is 1.19 bits per heavy atom. The van der Waals surface area contributed by atoms with Gasteiger partial charge in [0.15, 0.2) is 0 Å². The molecule has 0 spiro atoms. The lowest BCUT2D eigenvalue weighted by Crippen LogP contribution is -1.84. The molecule has 4 aromatic carbocycles. The smallest absolute Gasteiger partial charge is 0.119 e. The lowest BCUT2D eigenvalue weighted by Gasteiger charge is -2.09. The van der Waals surface area contributed by atoms with Crippen LogP contribution in [0.5, 0.6) is 5.75 Å². The minimum absolute atomic E-state index is 0.901. The van der Waals surface area contributed by atoms with E-state index >= 15 is 0 Å². The lowest BCUT2D eigenvalue weighted by atomic mass is 9.96. The Morgan fingerprint density at radius 3 is 1.86 bits per heavy atom. The van der Waals surface area contributed by atoms with E-state index in [0.717, 1.165) is 5.75 Å². The monoisotopic (exact) mass is 272 g/mol. The van der Waals surface area contributed by atoms with Gasteiger partial charge in [-0.2, -0.15) is 0 Å². The van der Waals surface area contributed by atoms with Crippen molar-refractivity contribution in [3.63, 3.8) is 0 Å². The second-order valence-electron chi connectivity index (χ2n) is 5.54. The van der Waals surface area contributed by atoms with Crippen molar-refractivity contribution in [2.75, 3.05) is 7.11 Å². The molecule has 0 saturated carbocycles. The van der Waals surface area contributed by atoms with Gasteiger partial charge in [0.25, 0.3) is 0 Å². The standard InChI is InChI=1S/C20H16O/c1-13-3-7-17-14(11-13)4-8-20-18-10-6-16(21-2)12-15(18)5-9-19(17)20/h3-12H,1-2H3. The quantitative estimate of drug-likeness (QED) is 0.418. The van der Waals surface area contributed by atoms with Gasteiger partial charge in [0.1, 0.15) is 5.75 Å². The molecule has 0 aliphatic carbocycles. The molecule has 0 unspecified atom stereocenters. The van der Waals surface area contributed by atoms with Crippen molar-refractivity contribution in [3.05, 3.63) is 66.2 Å². The van der Waals surface area contributed by atoms with Gasteiger partial charge in [-0.15, -0.1) is 0 Å². The third-order valence-corrected chi connectivity index (χ3v) is 4.20. The average Bonchev–Trinajstić information content (AvgIpc) is 2.53. The van der Waals surface area contributed by atoms with E-state index in [2.05, 4.69) is 61.5 Å². The maximum Gasteiger partial charge on any atom is 0.119 e. The van der Waals surface area contributed by atoms with Gasteiger partial charge in [-0.05, 0) is 51.4 Å². The van der Waals surface area contributed by atoms with E-state index in [9.17, 15) is 0 Å². The molecule has 0 fully saturated rings. The molecule has 4 aromatic rings. The van der Waals surface area contributed by atoms with Gasteiger partial charge < -0.3 is 4.74 Å². The zero-order valence-electron chi connectivity index (χ0n) is 12.2. The van der Waals surface area contributed by atoms with Gasteiger partial charge in [-0.1, -0.05) is 54.1 Å². The molecule has 0 aromatic heterocycles. The average molecular weight is 272 g/mol. The topological polar surface area (TPSA) is 9.23 Å². The molecule has 21 heavy (non-hydrogen) atoms. The van der Waals surface area contributed by atoms with E-state index in [1.807, 2.05) is 6.07 Å². The summed E-state index contributed by atoms with van der Waals surface area (Å²) in [4.78, 5) is 0. The molecule has 0 bridgehead atoms. The number of ether oxygens (including phenoxy) is 1. The van der Waals surface area contributed by atoms with Crippen molar-refractivity contribution in [2.45, 2.75) is 6.92 Å². The molecular weight excluding hydrogens is 256 g/mol. The molecule has 4 rings (SSSR count). The molecule has 0 radical (unpaired) electrons. The van der Waals surface area contributed by atoms with Crippen LogP contribution in [0.15, 0.2) is 60.7 Å². The first-order chi connectivity index (χ1) is 10.3. The second kappa shape index (κ2) is 4.49. The second-order valence-corrected chi connectivity index (χ2v) is 5.54. The Morgan fingerprint density at radius 1 is 0.619 bits per heavy atom. The highest BCUT2D eigenvalue weighted by atomic mass is 16.5. The molecular formula is C20H16O. The first-order valence-corrected chi connectivity index (χ1v) is 7.16. The summed E-state index contributed by atoms with van der Waals surface area (Å²) in [6, 6.07) is 21.8. The van der Waals surface area contributed by atoms with Gasteiger partial charge in [0, 0.05) is 0 Å². The van der Waals surface area contributed by atoms with Crippen LogP contribution in [0.25, 0.3) is 32.3 Å². The fraction of sp³-hybridized carbons (Fsp3) is 0.100. The number of hydrogen-bond donors (Lipinski definition) is 0. The summed E-state index contributed by atoms with van der Waals surface area (Å²) in [5.74, 6) is 0.901.